The summed E-state index contributed by atoms with van der Waals surface area (Å²) in [5.74, 6) is 0.763. The van der Waals surface area contributed by atoms with Gasteiger partial charge in [0, 0.05) is 18.6 Å². The summed E-state index contributed by atoms with van der Waals surface area (Å²) in [6, 6.07) is 5.59. The highest BCUT2D eigenvalue weighted by Crippen LogP contribution is 2.13. The predicted octanol–water partition coefficient (Wildman–Crippen LogP) is 1.34. The van der Waals surface area contributed by atoms with Crippen molar-refractivity contribution in [2.75, 3.05) is 0 Å². The van der Waals surface area contributed by atoms with Crippen molar-refractivity contribution in [2.24, 2.45) is 0 Å². The number of aromatic nitrogens is 5. The second kappa shape index (κ2) is 3.69. The fourth-order valence-corrected chi connectivity index (χ4v) is 1.60. The lowest BCUT2D eigenvalue weighted by Gasteiger charge is -1.96. The standard InChI is InChI=1S/C11H9N5/c1-3-8-11(14-4-1)9(16-15-8)7-10-12-5-2-6-13-10/h1-6H,7H2,(H,15,16). The smallest absolute Gasteiger partial charge is 0.134 e. The molecule has 0 atom stereocenters. The van der Waals surface area contributed by atoms with Crippen LogP contribution in [-0.2, 0) is 6.42 Å². The minimum absolute atomic E-state index is 0.619. The Labute approximate surface area is 91.6 Å². The van der Waals surface area contributed by atoms with E-state index in [0.29, 0.717) is 6.42 Å². The summed E-state index contributed by atoms with van der Waals surface area (Å²) in [5.41, 5.74) is 2.70. The molecule has 0 radical (unpaired) electrons. The average molecular weight is 211 g/mol. The molecule has 3 rings (SSSR count). The Hall–Kier alpha value is -2.30. The Morgan fingerprint density at radius 1 is 1.00 bits per heavy atom. The van der Waals surface area contributed by atoms with E-state index in [4.69, 9.17) is 0 Å². The molecule has 0 aliphatic carbocycles. The number of hydrogen-bond donors (Lipinski definition) is 1. The van der Waals surface area contributed by atoms with Crippen molar-refractivity contribution in [3.63, 3.8) is 0 Å². The van der Waals surface area contributed by atoms with Crippen LogP contribution in [0.3, 0.4) is 0 Å². The summed E-state index contributed by atoms with van der Waals surface area (Å²) in [4.78, 5) is 12.6. The topological polar surface area (TPSA) is 67.3 Å². The monoisotopic (exact) mass is 211 g/mol. The zero-order chi connectivity index (χ0) is 10.8. The Morgan fingerprint density at radius 2 is 1.81 bits per heavy atom. The zero-order valence-corrected chi connectivity index (χ0v) is 8.46. The van der Waals surface area contributed by atoms with Crippen LogP contribution in [0.2, 0.25) is 0 Å². The first-order chi connectivity index (χ1) is 7.93. The van der Waals surface area contributed by atoms with Crippen molar-refractivity contribution in [1.82, 2.24) is 25.1 Å². The summed E-state index contributed by atoms with van der Waals surface area (Å²) < 4.78 is 0. The van der Waals surface area contributed by atoms with Crippen LogP contribution in [-0.4, -0.2) is 25.1 Å². The highest BCUT2D eigenvalue weighted by Gasteiger charge is 2.07. The van der Waals surface area contributed by atoms with E-state index in [9.17, 15) is 0 Å². The SMILES string of the molecule is c1cnc(Cc2[nH]nc3cccnc23)nc1. The van der Waals surface area contributed by atoms with Gasteiger partial charge in [0.25, 0.3) is 0 Å². The second-order valence-corrected chi connectivity index (χ2v) is 3.42. The lowest BCUT2D eigenvalue weighted by molar-refractivity contribution is 0.921. The normalized spacial score (nSPS) is 10.8. The minimum Gasteiger partial charge on any atom is -0.279 e. The number of hydrogen-bond acceptors (Lipinski definition) is 4. The molecule has 3 heterocycles. The molecule has 0 aliphatic rings. The van der Waals surface area contributed by atoms with E-state index in [1.54, 1.807) is 24.7 Å². The van der Waals surface area contributed by atoms with E-state index in [1.165, 1.54) is 0 Å². The van der Waals surface area contributed by atoms with Crippen LogP contribution in [0.25, 0.3) is 11.0 Å². The summed E-state index contributed by atoms with van der Waals surface area (Å²) in [7, 11) is 0. The fourth-order valence-electron chi connectivity index (χ4n) is 1.60. The number of aromatic amines is 1. The molecule has 0 fully saturated rings. The van der Waals surface area contributed by atoms with E-state index in [2.05, 4.69) is 25.1 Å². The van der Waals surface area contributed by atoms with Crippen LogP contribution < -0.4 is 0 Å². The number of nitrogens with zero attached hydrogens (tertiary/aromatic N) is 4. The number of pyridine rings is 1. The first-order valence-corrected chi connectivity index (χ1v) is 4.97. The molecule has 0 saturated heterocycles. The average Bonchev–Trinajstić information content (AvgIpc) is 2.74. The molecule has 3 aromatic rings. The van der Waals surface area contributed by atoms with Gasteiger partial charge in [0.2, 0.25) is 0 Å². The number of rotatable bonds is 2. The molecule has 0 aliphatic heterocycles. The van der Waals surface area contributed by atoms with E-state index in [-0.39, 0.29) is 0 Å². The van der Waals surface area contributed by atoms with E-state index in [1.807, 2.05) is 12.1 Å². The minimum atomic E-state index is 0.619. The maximum atomic E-state index is 4.29. The van der Waals surface area contributed by atoms with Crippen LogP contribution in [0.15, 0.2) is 36.8 Å². The van der Waals surface area contributed by atoms with Gasteiger partial charge < -0.3 is 0 Å². The van der Waals surface area contributed by atoms with Gasteiger partial charge in [-0.3, -0.25) is 10.1 Å². The van der Waals surface area contributed by atoms with Crippen LogP contribution in [0.1, 0.15) is 11.5 Å². The Balaban J connectivity index is 2.01. The van der Waals surface area contributed by atoms with Crippen molar-refractivity contribution in [1.29, 1.82) is 0 Å². The Morgan fingerprint density at radius 3 is 2.69 bits per heavy atom. The molecule has 5 heteroatoms. The lowest BCUT2D eigenvalue weighted by atomic mass is 10.2. The van der Waals surface area contributed by atoms with Gasteiger partial charge in [-0.2, -0.15) is 5.10 Å². The largest absolute Gasteiger partial charge is 0.279 e. The molecule has 16 heavy (non-hydrogen) atoms. The van der Waals surface area contributed by atoms with Gasteiger partial charge in [0.15, 0.2) is 0 Å². The van der Waals surface area contributed by atoms with E-state index >= 15 is 0 Å². The molecule has 0 aromatic carbocycles. The zero-order valence-electron chi connectivity index (χ0n) is 8.46. The van der Waals surface area contributed by atoms with Gasteiger partial charge in [0.05, 0.1) is 12.1 Å². The van der Waals surface area contributed by atoms with Crippen molar-refractivity contribution in [3.8, 4) is 0 Å². The predicted molar refractivity (Wildman–Crippen MR) is 58.7 cm³/mol. The van der Waals surface area contributed by atoms with Crippen molar-refractivity contribution >= 4 is 11.0 Å². The Kier molecular flexibility index (Phi) is 2.07. The molecule has 0 saturated carbocycles. The first kappa shape index (κ1) is 8.96. The number of nitrogens with one attached hydrogen (secondary N) is 1. The van der Waals surface area contributed by atoms with Crippen LogP contribution in [0, 0.1) is 0 Å². The van der Waals surface area contributed by atoms with Crippen molar-refractivity contribution in [3.05, 3.63) is 48.3 Å². The fraction of sp³-hybridized carbons (Fsp3) is 0.0909. The summed E-state index contributed by atoms with van der Waals surface area (Å²) in [6.07, 6.45) is 5.84. The molecule has 78 valence electrons. The molecule has 0 spiro atoms. The maximum Gasteiger partial charge on any atom is 0.134 e. The molecule has 0 amide bonds. The lowest BCUT2D eigenvalue weighted by Crippen LogP contribution is -1.96. The summed E-state index contributed by atoms with van der Waals surface area (Å²) >= 11 is 0. The van der Waals surface area contributed by atoms with Crippen molar-refractivity contribution < 1.29 is 0 Å². The second-order valence-electron chi connectivity index (χ2n) is 3.42. The summed E-state index contributed by atoms with van der Waals surface area (Å²) in [6.45, 7) is 0. The van der Waals surface area contributed by atoms with Crippen LogP contribution >= 0.6 is 0 Å². The van der Waals surface area contributed by atoms with Crippen molar-refractivity contribution in [2.45, 2.75) is 6.42 Å². The van der Waals surface area contributed by atoms with Crippen LogP contribution in [0.4, 0.5) is 0 Å². The molecule has 3 aromatic heterocycles. The van der Waals surface area contributed by atoms with Gasteiger partial charge in [0.1, 0.15) is 16.9 Å². The van der Waals surface area contributed by atoms with Gasteiger partial charge in [-0.15, -0.1) is 0 Å². The van der Waals surface area contributed by atoms with Gasteiger partial charge in [-0.25, -0.2) is 9.97 Å². The van der Waals surface area contributed by atoms with Gasteiger partial charge in [-0.05, 0) is 18.2 Å². The molecule has 0 unspecified atom stereocenters. The third kappa shape index (κ3) is 1.52. The van der Waals surface area contributed by atoms with E-state index in [0.717, 1.165) is 22.6 Å². The van der Waals surface area contributed by atoms with E-state index < -0.39 is 0 Å². The Bertz CT molecular complexity index is 602. The third-order valence-electron chi connectivity index (χ3n) is 2.34. The molecule has 5 nitrogen and oxygen atoms in total. The number of fused-ring (bicyclic) bond motifs is 1. The maximum absolute atomic E-state index is 4.29. The highest BCUT2D eigenvalue weighted by atomic mass is 15.1. The molecular weight excluding hydrogens is 202 g/mol. The molecular formula is C11H9N5. The highest BCUT2D eigenvalue weighted by molar-refractivity contribution is 5.76. The quantitative estimate of drug-likeness (QED) is 0.694. The molecule has 0 bridgehead atoms. The summed E-state index contributed by atoms with van der Waals surface area (Å²) in [5, 5.41) is 7.14. The number of H-pyrrole nitrogens is 1. The molecule has 1 N–H and O–H groups in total. The van der Waals surface area contributed by atoms with Gasteiger partial charge in [-0.1, -0.05) is 0 Å². The van der Waals surface area contributed by atoms with Gasteiger partial charge >= 0.3 is 0 Å². The first-order valence-electron chi connectivity index (χ1n) is 4.97. The third-order valence-corrected chi connectivity index (χ3v) is 2.34. The van der Waals surface area contributed by atoms with Crippen LogP contribution in [0.5, 0.6) is 0 Å².